The summed E-state index contributed by atoms with van der Waals surface area (Å²) in [6.07, 6.45) is 1.20. The SMILES string of the molecule is CN(C)c1nc(N)nc(N2CCC2)n1. The van der Waals surface area contributed by atoms with Crippen molar-refractivity contribution in [3.05, 3.63) is 0 Å². The van der Waals surface area contributed by atoms with Crippen LogP contribution in [-0.4, -0.2) is 42.1 Å². The molecule has 0 aliphatic carbocycles. The molecule has 0 saturated carbocycles. The van der Waals surface area contributed by atoms with Crippen LogP contribution in [-0.2, 0) is 0 Å². The van der Waals surface area contributed by atoms with E-state index in [1.807, 2.05) is 19.0 Å². The Bertz CT molecular complexity index is 333. The van der Waals surface area contributed by atoms with Crippen molar-refractivity contribution in [2.24, 2.45) is 0 Å². The smallest absolute Gasteiger partial charge is 0.231 e. The molecule has 0 bridgehead atoms. The monoisotopic (exact) mass is 194 g/mol. The number of nitrogen functional groups attached to an aromatic ring is 1. The second kappa shape index (κ2) is 3.28. The van der Waals surface area contributed by atoms with Gasteiger partial charge in [-0.05, 0) is 6.42 Å². The third-order valence-electron chi connectivity index (χ3n) is 2.17. The van der Waals surface area contributed by atoms with Crippen molar-refractivity contribution in [3.8, 4) is 0 Å². The van der Waals surface area contributed by atoms with Crippen molar-refractivity contribution in [2.75, 3.05) is 42.7 Å². The number of rotatable bonds is 2. The molecule has 2 N–H and O–H groups in total. The van der Waals surface area contributed by atoms with Crippen molar-refractivity contribution in [1.82, 2.24) is 15.0 Å². The third-order valence-corrected chi connectivity index (χ3v) is 2.17. The van der Waals surface area contributed by atoms with Crippen molar-refractivity contribution in [3.63, 3.8) is 0 Å². The molecule has 2 rings (SSSR count). The predicted molar refractivity (Wildman–Crippen MR) is 55.4 cm³/mol. The fourth-order valence-corrected chi connectivity index (χ4v) is 1.23. The number of hydrogen-bond donors (Lipinski definition) is 1. The molecule has 0 aromatic carbocycles. The first-order valence-corrected chi connectivity index (χ1v) is 4.60. The van der Waals surface area contributed by atoms with Crippen molar-refractivity contribution in [2.45, 2.75) is 6.42 Å². The summed E-state index contributed by atoms with van der Waals surface area (Å²) in [5.41, 5.74) is 5.60. The topological polar surface area (TPSA) is 71.2 Å². The van der Waals surface area contributed by atoms with E-state index in [0.717, 1.165) is 13.1 Å². The molecule has 0 unspecified atom stereocenters. The van der Waals surface area contributed by atoms with Crippen LogP contribution in [0.3, 0.4) is 0 Å². The van der Waals surface area contributed by atoms with E-state index in [-0.39, 0.29) is 5.95 Å². The molecule has 1 saturated heterocycles. The maximum absolute atomic E-state index is 5.60. The normalized spacial score (nSPS) is 15.1. The van der Waals surface area contributed by atoms with Crippen LogP contribution in [0.5, 0.6) is 0 Å². The lowest BCUT2D eigenvalue weighted by Crippen LogP contribution is -2.38. The fraction of sp³-hybridized carbons (Fsp3) is 0.625. The Balaban J connectivity index is 2.30. The number of aromatic nitrogens is 3. The molecule has 1 aliphatic rings. The number of nitrogens with zero attached hydrogens (tertiary/aromatic N) is 5. The minimum absolute atomic E-state index is 0.283. The number of nitrogens with two attached hydrogens (primary N) is 1. The van der Waals surface area contributed by atoms with Gasteiger partial charge >= 0.3 is 0 Å². The van der Waals surface area contributed by atoms with E-state index in [1.165, 1.54) is 6.42 Å². The Morgan fingerprint density at radius 2 is 1.93 bits per heavy atom. The van der Waals surface area contributed by atoms with Gasteiger partial charge in [-0.1, -0.05) is 0 Å². The van der Waals surface area contributed by atoms with Crippen LogP contribution in [0, 0.1) is 0 Å². The lowest BCUT2D eigenvalue weighted by Gasteiger charge is -2.31. The Morgan fingerprint density at radius 3 is 2.43 bits per heavy atom. The molecular weight excluding hydrogens is 180 g/mol. The van der Waals surface area contributed by atoms with Gasteiger partial charge in [0, 0.05) is 27.2 Å². The van der Waals surface area contributed by atoms with E-state index in [2.05, 4.69) is 19.9 Å². The van der Waals surface area contributed by atoms with E-state index in [1.54, 1.807) is 0 Å². The highest BCUT2D eigenvalue weighted by atomic mass is 15.4. The third kappa shape index (κ3) is 1.55. The summed E-state index contributed by atoms with van der Waals surface area (Å²) in [6, 6.07) is 0. The molecule has 14 heavy (non-hydrogen) atoms. The number of hydrogen-bond acceptors (Lipinski definition) is 6. The summed E-state index contributed by atoms with van der Waals surface area (Å²) in [5.74, 6) is 1.58. The highest BCUT2D eigenvalue weighted by Gasteiger charge is 2.18. The standard InChI is InChI=1S/C8H14N6/c1-13(2)7-10-6(9)11-8(12-7)14-4-3-5-14/h3-5H2,1-2H3,(H2,9,10,11,12). The van der Waals surface area contributed by atoms with Gasteiger partial charge in [0.25, 0.3) is 0 Å². The predicted octanol–water partition coefficient (Wildman–Crippen LogP) is -0.270. The van der Waals surface area contributed by atoms with E-state index >= 15 is 0 Å². The van der Waals surface area contributed by atoms with E-state index in [0.29, 0.717) is 11.9 Å². The van der Waals surface area contributed by atoms with Crippen LogP contribution in [0.25, 0.3) is 0 Å². The Kier molecular flexibility index (Phi) is 2.11. The van der Waals surface area contributed by atoms with E-state index in [4.69, 9.17) is 5.73 Å². The Morgan fingerprint density at radius 1 is 1.21 bits per heavy atom. The average molecular weight is 194 g/mol. The Labute approximate surface area is 82.8 Å². The van der Waals surface area contributed by atoms with Crippen LogP contribution in [0.15, 0.2) is 0 Å². The van der Waals surface area contributed by atoms with Crippen LogP contribution < -0.4 is 15.5 Å². The highest BCUT2D eigenvalue weighted by Crippen LogP contribution is 2.18. The first-order valence-electron chi connectivity index (χ1n) is 4.60. The van der Waals surface area contributed by atoms with Gasteiger partial charge in [-0.3, -0.25) is 0 Å². The summed E-state index contributed by atoms with van der Waals surface area (Å²) in [6.45, 7) is 2.02. The van der Waals surface area contributed by atoms with Gasteiger partial charge in [-0.15, -0.1) is 0 Å². The van der Waals surface area contributed by atoms with E-state index < -0.39 is 0 Å². The van der Waals surface area contributed by atoms with Crippen LogP contribution in [0.1, 0.15) is 6.42 Å². The van der Waals surface area contributed by atoms with Crippen LogP contribution in [0.2, 0.25) is 0 Å². The minimum Gasteiger partial charge on any atom is -0.368 e. The second-order valence-corrected chi connectivity index (χ2v) is 3.53. The first kappa shape index (κ1) is 8.98. The van der Waals surface area contributed by atoms with Crippen molar-refractivity contribution < 1.29 is 0 Å². The fourth-order valence-electron chi connectivity index (χ4n) is 1.23. The molecule has 76 valence electrons. The maximum atomic E-state index is 5.60. The van der Waals surface area contributed by atoms with Gasteiger partial charge in [-0.2, -0.15) is 15.0 Å². The highest BCUT2D eigenvalue weighted by molar-refractivity contribution is 5.43. The summed E-state index contributed by atoms with van der Waals surface area (Å²) >= 11 is 0. The summed E-state index contributed by atoms with van der Waals surface area (Å²) in [4.78, 5) is 16.3. The molecular formula is C8H14N6. The average Bonchev–Trinajstić information content (AvgIpc) is 1.99. The molecule has 1 aromatic rings. The van der Waals surface area contributed by atoms with Crippen LogP contribution in [0.4, 0.5) is 17.8 Å². The molecule has 2 heterocycles. The molecule has 1 aromatic heterocycles. The molecule has 0 amide bonds. The summed E-state index contributed by atoms with van der Waals surface area (Å²) < 4.78 is 0. The molecule has 6 heteroatoms. The molecule has 6 nitrogen and oxygen atoms in total. The first-order chi connectivity index (χ1) is 6.66. The van der Waals surface area contributed by atoms with Gasteiger partial charge in [0.05, 0.1) is 0 Å². The van der Waals surface area contributed by atoms with Gasteiger partial charge in [0.15, 0.2) is 0 Å². The molecule has 0 atom stereocenters. The Hall–Kier alpha value is -1.59. The molecule has 1 aliphatic heterocycles. The zero-order chi connectivity index (χ0) is 10.1. The van der Waals surface area contributed by atoms with Gasteiger partial charge < -0.3 is 15.5 Å². The van der Waals surface area contributed by atoms with Gasteiger partial charge in [0.1, 0.15) is 0 Å². The largest absolute Gasteiger partial charge is 0.368 e. The lowest BCUT2D eigenvalue weighted by molar-refractivity contribution is 0.599. The van der Waals surface area contributed by atoms with Crippen LogP contribution >= 0.6 is 0 Å². The maximum Gasteiger partial charge on any atom is 0.231 e. The number of anilines is 3. The zero-order valence-corrected chi connectivity index (χ0v) is 8.43. The van der Waals surface area contributed by atoms with Crippen molar-refractivity contribution in [1.29, 1.82) is 0 Å². The zero-order valence-electron chi connectivity index (χ0n) is 8.43. The summed E-state index contributed by atoms with van der Waals surface area (Å²) in [5, 5.41) is 0. The quantitative estimate of drug-likeness (QED) is 0.698. The minimum atomic E-state index is 0.283. The second-order valence-electron chi connectivity index (χ2n) is 3.53. The van der Waals surface area contributed by atoms with Crippen molar-refractivity contribution >= 4 is 17.8 Å². The van der Waals surface area contributed by atoms with E-state index in [9.17, 15) is 0 Å². The summed E-state index contributed by atoms with van der Waals surface area (Å²) in [7, 11) is 3.77. The molecule has 0 radical (unpaired) electrons. The van der Waals surface area contributed by atoms with Gasteiger partial charge in [-0.25, -0.2) is 0 Å². The molecule has 1 fully saturated rings. The van der Waals surface area contributed by atoms with Gasteiger partial charge in [0.2, 0.25) is 17.8 Å². The molecule has 0 spiro atoms. The lowest BCUT2D eigenvalue weighted by atomic mass is 10.2.